The molecule has 1 atom stereocenters. The largest absolute Gasteiger partial charge is 0.292 e. The second-order valence-electron chi connectivity index (χ2n) is 3.96. The van der Waals surface area contributed by atoms with Crippen molar-refractivity contribution in [1.29, 1.82) is 5.26 Å². The van der Waals surface area contributed by atoms with Crippen molar-refractivity contribution in [1.82, 2.24) is 0 Å². The zero-order chi connectivity index (χ0) is 13.8. The summed E-state index contributed by atoms with van der Waals surface area (Å²) in [5, 5.41) is 9.46. The molecule has 0 aliphatic heterocycles. The van der Waals surface area contributed by atoms with Gasteiger partial charge in [0.25, 0.3) is 0 Å². The highest BCUT2D eigenvalue weighted by molar-refractivity contribution is 6.34. The minimum atomic E-state index is -0.986. The van der Waals surface area contributed by atoms with Crippen LogP contribution in [0.1, 0.15) is 21.8 Å². The summed E-state index contributed by atoms with van der Waals surface area (Å²) in [4.78, 5) is 12.3. The van der Waals surface area contributed by atoms with Crippen LogP contribution in [-0.4, -0.2) is 5.78 Å². The van der Waals surface area contributed by atoms with Crippen molar-refractivity contribution >= 4 is 17.4 Å². The van der Waals surface area contributed by atoms with Crippen molar-refractivity contribution < 1.29 is 9.18 Å². The van der Waals surface area contributed by atoms with Gasteiger partial charge in [-0.3, -0.25) is 4.79 Å². The van der Waals surface area contributed by atoms with Crippen molar-refractivity contribution in [3.8, 4) is 6.07 Å². The monoisotopic (exact) mass is 273 g/mol. The molecule has 4 heteroatoms. The van der Waals surface area contributed by atoms with Gasteiger partial charge in [-0.1, -0.05) is 35.9 Å². The second kappa shape index (κ2) is 5.64. The van der Waals surface area contributed by atoms with Gasteiger partial charge in [-0.15, -0.1) is 0 Å². The summed E-state index contributed by atoms with van der Waals surface area (Å²) in [5.41, 5.74) is 0.744. The lowest BCUT2D eigenvalue weighted by atomic mass is 9.92. The molecule has 2 aromatic carbocycles. The van der Waals surface area contributed by atoms with Gasteiger partial charge in [-0.05, 0) is 29.8 Å². The summed E-state index contributed by atoms with van der Waals surface area (Å²) in [5.74, 6) is -1.79. The zero-order valence-electron chi connectivity index (χ0n) is 9.81. The Morgan fingerprint density at radius 2 is 1.79 bits per heavy atom. The lowest BCUT2D eigenvalue weighted by Gasteiger charge is -2.09. The van der Waals surface area contributed by atoms with Crippen LogP contribution in [0.15, 0.2) is 48.5 Å². The van der Waals surface area contributed by atoms with E-state index in [0.29, 0.717) is 16.1 Å². The molecule has 0 bridgehead atoms. The summed E-state index contributed by atoms with van der Waals surface area (Å²) in [7, 11) is 0. The van der Waals surface area contributed by atoms with Gasteiger partial charge >= 0.3 is 0 Å². The number of nitrogens with zero attached hydrogens (tertiary/aromatic N) is 1. The molecule has 0 saturated heterocycles. The molecule has 0 spiro atoms. The van der Waals surface area contributed by atoms with Crippen LogP contribution in [0.5, 0.6) is 0 Å². The molecule has 2 rings (SSSR count). The second-order valence-corrected chi connectivity index (χ2v) is 4.36. The first-order chi connectivity index (χ1) is 9.13. The van der Waals surface area contributed by atoms with Crippen molar-refractivity contribution in [2.45, 2.75) is 5.92 Å². The van der Waals surface area contributed by atoms with Crippen molar-refractivity contribution in [2.75, 3.05) is 0 Å². The standard InChI is InChI=1S/C15H9ClFNO/c16-14-4-2-1-3-12(14)15(19)13(9-18)10-5-7-11(17)8-6-10/h1-8,13H. The molecule has 19 heavy (non-hydrogen) atoms. The molecule has 0 amide bonds. The van der Waals surface area contributed by atoms with Crippen LogP contribution in [0.2, 0.25) is 5.02 Å². The minimum absolute atomic E-state index is 0.292. The van der Waals surface area contributed by atoms with Crippen molar-refractivity contribution in [3.05, 3.63) is 70.5 Å². The predicted octanol–water partition coefficient (Wildman–Crippen LogP) is 3.97. The maximum Gasteiger partial charge on any atom is 0.185 e. The van der Waals surface area contributed by atoms with E-state index >= 15 is 0 Å². The molecule has 0 aromatic heterocycles. The van der Waals surface area contributed by atoms with Gasteiger partial charge in [0.05, 0.1) is 11.1 Å². The Labute approximate surface area is 115 Å². The quantitative estimate of drug-likeness (QED) is 0.794. The van der Waals surface area contributed by atoms with E-state index in [9.17, 15) is 9.18 Å². The van der Waals surface area contributed by atoms with Crippen molar-refractivity contribution in [3.63, 3.8) is 0 Å². The SMILES string of the molecule is N#CC(C(=O)c1ccccc1Cl)c1ccc(F)cc1. The third kappa shape index (κ3) is 2.81. The van der Waals surface area contributed by atoms with Gasteiger partial charge in [-0.2, -0.15) is 5.26 Å². The number of Topliss-reactive ketones (excluding diaryl/α,β-unsaturated/α-hetero) is 1. The Balaban J connectivity index is 2.38. The highest BCUT2D eigenvalue weighted by Crippen LogP contribution is 2.25. The van der Waals surface area contributed by atoms with E-state index < -0.39 is 11.7 Å². The zero-order valence-corrected chi connectivity index (χ0v) is 10.6. The lowest BCUT2D eigenvalue weighted by Crippen LogP contribution is -2.11. The van der Waals surface area contributed by atoms with Gasteiger partial charge in [-0.25, -0.2) is 4.39 Å². The third-order valence-electron chi connectivity index (χ3n) is 2.73. The Kier molecular flexibility index (Phi) is 3.94. The third-order valence-corrected chi connectivity index (χ3v) is 3.06. The molecule has 0 heterocycles. The fourth-order valence-electron chi connectivity index (χ4n) is 1.76. The molecule has 0 fully saturated rings. The molecule has 0 aliphatic rings. The first-order valence-corrected chi connectivity index (χ1v) is 5.95. The summed E-state index contributed by atoms with van der Waals surface area (Å²) in [6.45, 7) is 0. The van der Waals surface area contributed by atoms with Gasteiger partial charge in [0.15, 0.2) is 5.78 Å². The average molecular weight is 274 g/mol. The van der Waals surface area contributed by atoms with E-state index in [1.165, 1.54) is 24.3 Å². The average Bonchev–Trinajstić information content (AvgIpc) is 2.42. The summed E-state index contributed by atoms with van der Waals surface area (Å²) in [6, 6.07) is 13.8. The minimum Gasteiger partial charge on any atom is -0.292 e. The van der Waals surface area contributed by atoms with Crippen LogP contribution in [0.25, 0.3) is 0 Å². The number of hydrogen-bond donors (Lipinski definition) is 0. The molecule has 2 nitrogen and oxygen atoms in total. The Bertz CT molecular complexity index is 646. The number of nitriles is 1. The maximum atomic E-state index is 12.9. The Morgan fingerprint density at radius 1 is 1.16 bits per heavy atom. The number of rotatable bonds is 3. The highest BCUT2D eigenvalue weighted by Gasteiger charge is 2.23. The van der Waals surface area contributed by atoms with Crippen LogP contribution in [0.3, 0.4) is 0 Å². The van der Waals surface area contributed by atoms with E-state index in [1.807, 2.05) is 6.07 Å². The topological polar surface area (TPSA) is 40.9 Å². The highest BCUT2D eigenvalue weighted by atomic mass is 35.5. The van der Waals surface area contributed by atoms with Gasteiger partial charge in [0.2, 0.25) is 0 Å². The number of benzene rings is 2. The smallest absolute Gasteiger partial charge is 0.185 e. The number of halogens is 2. The molecule has 0 radical (unpaired) electrons. The van der Waals surface area contributed by atoms with Crippen LogP contribution < -0.4 is 0 Å². The number of carbonyl (C=O) groups excluding carboxylic acids is 1. The van der Waals surface area contributed by atoms with Gasteiger partial charge < -0.3 is 0 Å². The summed E-state index contributed by atoms with van der Waals surface area (Å²) in [6.07, 6.45) is 0. The van der Waals surface area contributed by atoms with E-state index in [0.717, 1.165) is 0 Å². The molecule has 94 valence electrons. The van der Waals surface area contributed by atoms with E-state index in [-0.39, 0.29) is 5.78 Å². The van der Waals surface area contributed by atoms with Gasteiger partial charge in [0, 0.05) is 5.56 Å². The normalized spacial score (nSPS) is 11.6. The van der Waals surface area contributed by atoms with E-state index in [1.54, 1.807) is 24.3 Å². The van der Waals surface area contributed by atoms with Crippen LogP contribution in [0.4, 0.5) is 4.39 Å². The Morgan fingerprint density at radius 3 is 2.37 bits per heavy atom. The molecule has 0 saturated carbocycles. The number of hydrogen-bond acceptors (Lipinski definition) is 2. The summed E-state index contributed by atoms with van der Waals surface area (Å²) >= 11 is 5.94. The maximum absolute atomic E-state index is 12.9. The first kappa shape index (κ1) is 13.3. The van der Waals surface area contributed by atoms with Gasteiger partial charge in [0.1, 0.15) is 11.7 Å². The molecular weight excluding hydrogens is 265 g/mol. The van der Waals surface area contributed by atoms with Crippen LogP contribution >= 0.6 is 11.6 Å². The Hall–Kier alpha value is -2.18. The molecular formula is C15H9ClFNO. The van der Waals surface area contributed by atoms with E-state index in [4.69, 9.17) is 16.9 Å². The lowest BCUT2D eigenvalue weighted by molar-refractivity contribution is 0.0979. The first-order valence-electron chi connectivity index (χ1n) is 5.57. The summed E-state index contributed by atoms with van der Waals surface area (Å²) < 4.78 is 12.9. The molecule has 0 aliphatic carbocycles. The van der Waals surface area contributed by atoms with Crippen LogP contribution in [-0.2, 0) is 0 Å². The van der Waals surface area contributed by atoms with Crippen LogP contribution in [0, 0.1) is 17.1 Å². The number of carbonyl (C=O) groups is 1. The fourth-order valence-corrected chi connectivity index (χ4v) is 1.99. The number of ketones is 1. The fraction of sp³-hybridized carbons (Fsp3) is 0.0667. The van der Waals surface area contributed by atoms with Crippen molar-refractivity contribution in [2.24, 2.45) is 0 Å². The predicted molar refractivity (Wildman–Crippen MR) is 70.5 cm³/mol. The molecule has 0 N–H and O–H groups in total. The molecule has 2 aromatic rings. The molecule has 1 unspecified atom stereocenters. The van der Waals surface area contributed by atoms with E-state index in [2.05, 4.69) is 0 Å².